The van der Waals surface area contributed by atoms with Gasteiger partial charge in [0.25, 0.3) is 0 Å². The van der Waals surface area contributed by atoms with E-state index >= 15 is 0 Å². The Hall–Kier alpha value is -1.93. The van der Waals surface area contributed by atoms with E-state index in [2.05, 4.69) is 6.07 Å². The Labute approximate surface area is 107 Å². The second-order valence-corrected chi connectivity index (χ2v) is 3.76. The normalized spacial score (nSPS) is 11.5. The molecule has 1 unspecified atom stereocenters. The van der Waals surface area contributed by atoms with E-state index in [1.54, 1.807) is 21.3 Å². The lowest BCUT2D eigenvalue weighted by Gasteiger charge is -2.17. The summed E-state index contributed by atoms with van der Waals surface area (Å²) >= 11 is 0. The lowest BCUT2D eigenvalue weighted by molar-refractivity contribution is 0.323. The van der Waals surface area contributed by atoms with Gasteiger partial charge in [-0.15, -0.1) is 0 Å². The van der Waals surface area contributed by atoms with Crippen LogP contribution in [-0.2, 0) is 0 Å². The van der Waals surface area contributed by atoms with Crippen molar-refractivity contribution in [3.8, 4) is 23.3 Å². The predicted octanol–water partition coefficient (Wildman–Crippen LogP) is 2.02. The Balaban J connectivity index is 3.11. The van der Waals surface area contributed by atoms with E-state index < -0.39 is 0 Å². The van der Waals surface area contributed by atoms with Gasteiger partial charge in [0.15, 0.2) is 11.5 Å². The number of methoxy groups -OCH3 is 3. The fourth-order valence-corrected chi connectivity index (χ4v) is 1.70. The first-order chi connectivity index (χ1) is 8.67. The van der Waals surface area contributed by atoms with Crippen LogP contribution in [0.5, 0.6) is 17.2 Å². The molecule has 0 radical (unpaired) electrons. The van der Waals surface area contributed by atoms with Crippen LogP contribution in [0.1, 0.15) is 24.4 Å². The second-order valence-electron chi connectivity index (χ2n) is 3.76. The first-order valence-electron chi connectivity index (χ1n) is 5.60. The van der Waals surface area contributed by atoms with Gasteiger partial charge in [0.1, 0.15) is 0 Å². The van der Waals surface area contributed by atoms with Gasteiger partial charge in [-0.3, -0.25) is 0 Å². The summed E-state index contributed by atoms with van der Waals surface area (Å²) in [4.78, 5) is 0. The average molecular weight is 250 g/mol. The fraction of sp³-hybridized carbons (Fsp3) is 0.462. The van der Waals surface area contributed by atoms with Gasteiger partial charge in [0, 0.05) is 12.5 Å². The van der Waals surface area contributed by atoms with Gasteiger partial charge in [-0.05, 0) is 24.1 Å². The van der Waals surface area contributed by atoms with Crippen molar-refractivity contribution < 1.29 is 14.2 Å². The van der Waals surface area contributed by atoms with E-state index in [0.29, 0.717) is 30.1 Å². The van der Waals surface area contributed by atoms with Crippen molar-refractivity contribution >= 4 is 0 Å². The van der Waals surface area contributed by atoms with Crippen molar-refractivity contribution in [3.63, 3.8) is 0 Å². The lowest BCUT2D eigenvalue weighted by atomic mass is 10.0. The summed E-state index contributed by atoms with van der Waals surface area (Å²) in [7, 11) is 4.67. The van der Waals surface area contributed by atoms with Gasteiger partial charge in [-0.25, -0.2) is 0 Å². The molecule has 0 aliphatic rings. The number of nitrogens with two attached hydrogens (primary N) is 1. The Morgan fingerprint density at radius 1 is 1.17 bits per heavy atom. The highest BCUT2D eigenvalue weighted by atomic mass is 16.5. The predicted molar refractivity (Wildman–Crippen MR) is 67.9 cm³/mol. The van der Waals surface area contributed by atoms with E-state index in [0.717, 1.165) is 5.56 Å². The van der Waals surface area contributed by atoms with Crippen molar-refractivity contribution in [2.45, 2.75) is 18.9 Å². The van der Waals surface area contributed by atoms with Crippen LogP contribution < -0.4 is 19.9 Å². The summed E-state index contributed by atoms with van der Waals surface area (Å²) in [6, 6.07) is 5.48. The number of nitrogens with zero attached hydrogens (tertiary/aromatic N) is 1. The summed E-state index contributed by atoms with van der Waals surface area (Å²) in [5, 5.41) is 8.57. The van der Waals surface area contributed by atoms with Crippen molar-refractivity contribution in [1.82, 2.24) is 0 Å². The molecule has 18 heavy (non-hydrogen) atoms. The minimum absolute atomic E-state index is 0.224. The maximum Gasteiger partial charge on any atom is 0.203 e. The van der Waals surface area contributed by atoms with Crippen LogP contribution >= 0.6 is 0 Å². The van der Waals surface area contributed by atoms with Crippen LogP contribution in [-0.4, -0.2) is 21.3 Å². The van der Waals surface area contributed by atoms with Crippen molar-refractivity contribution in [2.75, 3.05) is 21.3 Å². The molecule has 0 bridgehead atoms. The van der Waals surface area contributed by atoms with E-state index in [-0.39, 0.29) is 6.04 Å². The zero-order valence-electron chi connectivity index (χ0n) is 10.9. The van der Waals surface area contributed by atoms with Crippen molar-refractivity contribution in [2.24, 2.45) is 5.73 Å². The summed E-state index contributed by atoms with van der Waals surface area (Å²) in [6.07, 6.45) is 1.01. The van der Waals surface area contributed by atoms with Crippen LogP contribution in [0.4, 0.5) is 0 Å². The lowest BCUT2D eigenvalue weighted by Crippen LogP contribution is -2.10. The third-order valence-corrected chi connectivity index (χ3v) is 2.68. The summed E-state index contributed by atoms with van der Waals surface area (Å²) in [5.41, 5.74) is 6.88. The Kier molecular flexibility index (Phi) is 5.28. The SMILES string of the molecule is COc1cc(C(N)CCC#N)cc(OC)c1OC. The summed E-state index contributed by atoms with van der Waals surface area (Å²) in [6.45, 7) is 0. The van der Waals surface area contributed by atoms with Gasteiger partial charge in [0.05, 0.1) is 27.4 Å². The van der Waals surface area contributed by atoms with Crippen molar-refractivity contribution in [1.29, 1.82) is 5.26 Å². The van der Waals surface area contributed by atoms with Crippen LogP contribution in [0.15, 0.2) is 12.1 Å². The molecule has 1 atom stereocenters. The largest absolute Gasteiger partial charge is 0.493 e. The van der Waals surface area contributed by atoms with Gasteiger partial charge < -0.3 is 19.9 Å². The highest BCUT2D eigenvalue weighted by molar-refractivity contribution is 5.54. The summed E-state index contributed by atoms with van der Waals surface area (Å²) < 4.78 is 15.7. The van der Waals surface area contributed by atoms with Crippen molar-refractivity contribution in [3.05, 3.63) is 17.7 Å². The number of hydrogen-bond acceptors (Lipinski definition) is 5. The smallest absolute Gasteiger partial charge is 0.203 e. The molecule has 0 amide bonds. The van der Waals surface area contributed by atoms with Crippen LogP contribution in [0, 0.1) is 11.3 Å². The van der Waals surface area contributed by atoms with E-state index in [1.165, 1.54) is 0 Å². The molecule has 0 saturated carbocycles. The highest BCUT2D eigenvalue weighted by Gasteiger charge is 2.16. The van der Waals surface area contributed by atoms with E-state index in [9.17, 15) is 0 Å². The number of benzene rings is 1. The second kappa shape index (κ2) is 6.72. The van der Waals surface area contributed by atoms with Gasteiger partial charge in [0.2, 0.25) is 5.75 Å². The quantitative estimate of drug-likeness (QED) is 0.835. The molecule has 5 heteroatoms. The van der Waals surface area contributed by atoms with Gasteiger partial charge >= 0.3 is 0 Å². The van der Waals surface area contributed by atoms with Crippen LogP contribution in [0.3, 0.4) is 0 Å². The average Bonchev–Trinajstić information content (AvgIpc) is 2.42. The standard InChI is InChI=1S/C13H18N2O3/c1-16-11-7-9(10(15)5-4-6-14)8-12(17-2)13(11)18-3/h7-8,10H,4-5,15H2,1-3H3. The molecule has 0 saturated heterocycles. The molecule has 0 heterocycles. The highest BCUT2D eigenvalue weighted by Crippen LogP contribution is 2.39. The molecule has 0 fully saturated rings. The molecule has 1 aromatic carbocycles. The molecule has 0 aromatic heterocycles. The first-order valence-corrected chi connectivity index (χ1v) is 5.60. The Morgan fingerprint density at radius 3 is 2.11 bits per heavy atom. The third kappa shape index (κ3) is 3.05. The minimum Gasteiger partial charge on any atom is -0.493 e. The van der Waals surface area contributed by atoms with Crippen LogP contribution in [0.2, 0.25) is 0 Å². The molecular weight excluding hydrogens is 232 g/mol. The van der Waals surface area contributed by atoms with E-state index in [4.69, 9.17) is 25.2 Å². The number of hydrogen-bond donors (Lipinski definition) is 1. The van der Waals surface area contributed by atoms with E-state index in [1.807, 2.05) is 12.1 Å². The number of ether oxygens (including phenoxy) is 3. The molecule has 0 aliphatic heterocycles. The van der Waals surface area contributed by atoms with Gasteiger partial charge in [-0.1, -0.05) is 0 Å². The summed E-state index contributed by atoms with van der Waals surface area (Å²) in [5.74, 6) is 1.68. The molecule has 0 aliphatic carbocycles. The maximum absolute atomic E-state index is 8.57. The fourth-order valence-electron chi connectivity index (χ4n) is 1.70. The third-order valence-electron chi connectivity index (χ3n) is 2.68. The monoisotopic (exact) mass is 250 g/mol. The first kappa shape index (κ1) is 14.1. The molecule has 98 valence electrons. The minimum atomic E-state index is -0.224. The molecule has 5 nitrogen and oxygen atoms in total. The Bertz CT molecular complexity index is 415. The molecule has 2 N–H and O–H groups in total. The topological polar surface area (TPSA) is 77.5 Å². The molecule has 0 spiro atoms. The zero-order chi connectivity index (χ0) is 13.5. The molecular formula is C13H18N2O3. The maximum atomic E-state index is 8.57. The number of nitriles is 1. The van der Waals surface area contributed by atoms with Crippen LogP contribution in [0.25, 0.3) is 0 Å². The molecule has 1 rings (SSSR count). The number of rotatable bonds is 6. The molecule has 1 aromatic rings. The zero-order valence-corrected chi connectivity index (χ0v) is 10.9. The Morgan fingerprint density at radius 2 is 1.72 bits per heavy atom. The van der Waals surface area contributed by atoms with Gasteiger partial charge in [-0.2, -0.15) is 5.26 Å².